The first-order chi connectivity index (χ1) is 12.2. The van der Waals surface area contributed by atoms with E-state index in [0.717, 1.165) is 11.1 Å². The monoisotopic (exact) mass is 341 g/mol. The van der Waals surface area contributed by atoms with Crippen LogP contribution in [0.4, 0.5) is 0 Å². The van der Waals surface area contributed by atoms with Crippen molar-refractivity contribution in [2.45, 2.75) is 90.0 Å². The zero-order valence-electron chi connectivity index (χ0n) is 16.1. The van der Waals surface area contributed by atoms with E-state index >= 15 is 0 Å². The molecule has 2 fully saturated rings. The smallest absolute Gasteiger partial charge is 0.127 e. The van der Waals surface area contributed by atoms with Crippen LogP contribution < -0.4 is 0 Å². The summed E-state index contributed by atoms with van der Waals surface area (Å²) in [6.07, 6.45) is 14.8. The van der Waals surface area contributed by atoms with E-state index in [2.05, 4.69) is 26.0 Å². The van der Waals surface area contributed by atoms with Crippen LogP contribution in [-0.4, -0.2) is 17.4 Å². The average molecular weight is 342 g/mol. The first-order valence-electron chi connectivity index (χ1n) is 10.5. The molecular weight excluding hydrogens is 306 g/mol. The van der Waals surface area contributed by atoms with Crippen LogP contribution in [0.1, 0.15) is 95.1 Å². The summed E-state index contributed by atoms with van der Waals surface area (Å²) in [5, 5.41) is 11.0. The molecule has 3 rings (SSSR count). The Morgan fingerprint density at radius 1 is 0.880 bits per heavy atom. The largest absolute Gasteiger partial charge is 0.507 e. The van der Waals surface area contributed by atoms with E-state index < -0.39 is 0 Å². The number of aromatic hydroxyl groups is 1. The van der Waals surface area contributed by atoms with Crippen LogP contribution in [0.2, 0.25) is 0 Å². The second-order valence-electron chi connectivity index (χ2n) is 8.47. The zero-order valence-corrected chi connectivity index (χ0v) is 16.1. The van der Waals surface area contributed by atoms with Crippen LogP contribution in [0.15, 0.2) is 23.2 Å². The lowest BCUT2D eigenvalue weighted by atomic mass is 9.72. The number of para-hydroxylation sites is 1. The lowest BCUT2D eigenvalue weighted by Crippen LogP contribution is -2.20. The van der Waals surface area contributed by atoms with E-state index in [-0.39, 0.29) is 0 Å². The molecule has 0 amide bonds. The Labute approximate surface area is 153 Å². The third-order valence-electron chi connectivity index (χ3n) is 6.50. The molecule has 0 heterocycles. The van der Waals surface area contributed by atoms with E-state index in [1.54, 1.807) is 0 Å². The predicted molar refractivity (Wildman–Crippen MR) is 107 cm³/mol. The number of aliphatic imine (C=N–C) groups is 1. The van der Waals surface area contributed by atoms with Gasteiger partial charge in [-0.15, -0.1) is 0 Å². The summed E-state index contributed by atoms with van der Waals surface area (Å²) in [6, 6.07) is 6.72. The van der Waals surface area contributed by atoms with Crippen molar-refractivity contribution in [1.29, 1.82) is 0 Å². The lowest BCUT2D eigenvalue weighted by Gasteiger charge is -2.33. The Hall–Kier alpha value is -1.31. The average Bonchev–Trinajstić information content (AvgIpc) is 2.61. The Kier molecular flexibility index (Phi) is 6.56. The number of phenolic OH excluding ortho intramolecular Hbond substituents is 1. The molecule has 2 heteroatoms. The third kappa shape index (κ3) is 4.65. The fourth-order valence-electron chi connectivity index (χ4n) is 5.01. The molecule has 2 saturated carbocycles. The van der Waals surface area contributed by atoms with Crippen molar-refractivity contribution in [1.82, 2.24) is 0 Å². The molecule has 2 atom stereocenters. The van der Waals surface area contributed by atoms with Crippen molar-refractivity contribution in [2.75, 3.05) is 0 Å². The topological polar surface area (TPSA) is 32.6 Å². The molecule has 2 nitrogen and oxygen atoms in total. The fraction of sp³-hybridized carbons (Fsp3) is 0.696. The summed E-state index contributed by atoms with van der Waals surface area (Å²) in [6.45, 7) is 4.74. The van der Waals surface area contributed by atoms with Gasteiger partial charge in [-0.2, -0.15) is 0 Å². The van der Waals surface area contributed by atoms with E-state index in [0.29, 0.717) is 29.5 Å². The third-order valence-corrected chi connectivity index (χ3v) is 6.50. The molecule has 138 valence electrons. The van der Waals surface area contributed by atoms with Crippen molar-refractivity contribution in [2.24, 2.45) is 16.8 Å². The summed E-state index contributed by atoms with van der Waals surface area (Å²) in [7, 11) is 0. The number of phenols is 1. The molecule has 25 heavy (non-hydrogen) atoms. The van der Waals surface area contributed by atoms with Crippen LogP contribution in [0, 0.1) is 11.8 Å². The van der Waals surface area contributed by atoms with Gasteiger partial charge in [0.2, 0.25) is 0 Å². The molecule has 0 aliphatic heterocycles. The van der Waals surface area contributed by atoms with Gasteiger partial charge in [-0.1, -0.05) is 77.3 Å². The maximum absolute atomic E-state index is 11.0. The van der Waals surface area contributed by atoms with E-state index in [1.807, 2.05) is 12.3 Å². The lowest BCUT2D eigenvalue weighted by molar-refractivity contribution is 0.272. The summed E-state index contributed by atoms with van der Waals surface area (Å²) in [5.74, 6) is 2.20. The Balaban J connectivity index is 1.82. The molecule has 0 aromatic heterocycles. The summed E-state index contributed by atoms with van der Waals surface area (Å²) in [4.78, 5) is 4.79. The van der Waals surface area contributed by atoms with Crippen LogP contribution >= 0.6 is 0 Å². The second-order valence-corrected chi connectivity index (χ2v) is 8.47. The van der Waals surface area contributed by atoms with Crippen LogP contribution in [0.3, 0.4) is 0 Å². The van der Waals surface area contributed by atoms with Gasteiger partial charge in [-0.05, 0) is 42.2 Å². The number of rotatable bonds is 3. The van der Waals surface area contributed by atoms with Crippen molar-refractivity contribution in [3.8, 4) is 5.75 Å². The van der Waals surface area contributed by atoms with Crippen LogP contribution in [-0.2, 0) is 0 Å². The molecule has 1 aromatic carbocycles. The minimum absolute atomic E-state index is 0.455. The number of hydrogen-bond acceptors (Lipinski definition) is 2. The van der Waals surface area contributed by atoms with Gasteiger partial charge >= 0.3 is 0 Å². The van der Waals surface area contributed by atoms with Crippen molar-refractivity contribution in [3.05, 3.63) is 29.3 Å². The highest BCUT2D eigenvalue weighted by Crippen LogP contribution is 2.43. The van der Waals surface area contributed by atoms with Gasteiger partial charge in [0.1, 0.15) is 5.75 Å². The standard InChI is InChI=1S/C23H35NO/c1-17-10-5-3-6-11-18(2)22(17)21-15-9-12-19(23(21)25)16-24-20-13-7-4-8-14-20/h9,12,15-18,20,22,25H,3-8,10-11,13-14H2,1-2H3. The van der Waals surface area contributed by atoms with Gasteiger partial charge in [-0.25, -0.2) is 0 Å². The highest BCUT2D eigenvalue weighted by Gasteiger charge is 2.29. The molecule has 0 spiro atoms. The van der Waals surface area contributed by atoms with Gasteiger partial charge in [0.05, 0.1) is 0 Å². The van der Waals surface area contributed by atoms with E-state index in [9.17, 15) is 5.11 Å². The predicted octanol–water partition coefficient (Wildman–Crippen LogP) is 6.46. The van der Waals surface area contributed by atoms with Crippen molar-refractivity contribution < 1.29 is 5.11 Å². The SMILES string of the molecule is CC1CCCCCC(C)C1c1cccc(C=NC2CCCCC2)c1O. The highest BCUT2D eigenvalue weighted by molar-refractivity contribution is 5.84. The first kappa shape index (κ1) is 18.5. The fourth-order valence-corrected chi connectivity index (χ4v) is 5.01. The second kappa shape index (κ2) is 8.87. The van der Waals surface area contributed by atoms with Gasteiger partial charge in [0.25, 0.3) is 0 Å². The number of benzene rings is 1. The molecule has 0 bridgehead atoms. The Morgan fingerprint density at radius 2 is 1.48 bits per heavy atom. The molecule has 2 aliphatic carbocycles. The zero-order chi connectivity index (χ0) is 17.6. The quantitative estimate of drug-likeness (QED) is 0.628. The van der Waals surface area contributed by atoms with Crippen molar-refractivity contribution >= 4 is 6.21 Å². The molecule has 2 aliphatic rings. The molecule has 0 saturated heterocycles. The Morgan fingerprint density at radius 3 is 2.12 bits per heavy atom. The normalized spacial score (nSPS) is 29.4. The van der Waals surface area contributed by atoms with E-state index in [4.69, 9.17) is 4.99 Å². The van der Waals surface area contributed by atoms with E-state index in [1.165, 1.54) is 64.2 Å². The summed E-state index contributed by atoms with van der Waals surface area (Å²) >= 11 is 0. The first-order valence-corrected chi connectivity index (χ1v) is 10.5. The van der Waals surface area contributed by atoms with Gasteiger partial charge in [0, 0.05) is 17.8 Å². The molecule has 0 radical (unpaired) electrons. The Bertz CT molecular complexity index is 561. The summed E-state index contributed by atoms with van der Waals surface area (Å²) in [5.41, 5.74) is 2.05. The summed E-state index contributed by atoms with van der Waals surface area (Å²) < 4.78 is 0. The molecule has 1 aromatic rings. The van der Waals surface area contributed by atoms with Crippen molar-refractivity contribution in [3.63, 3.8) is 0 Å². The van der Waals surface area contributed by atoms with Crippen LogP contribution in [0.25, 0.3) is 0 Å². The van der Waals surface area contributed by atoms with Gasteiger partial charge in [-0.3, -0.25) is 4.99 Å². The minimum atomic E-state index is 0.455. The maximum Gasteiger partial charge on any atom is 0.127 e. The van der Waals surface area contributed by atoms with Crippen LogP contribution in [0.5, 0.6) is 5.75 Å². The number of hydrogen-bond donors (Lipinski definition) is 1. The molecule has 1 N–H and O–H groups in total. The number of nitrogens with zero attached hydrogens (tertiary/aromatic N) is 1. The minimum Gasteiger partial charge on any atom is -0.507 e. The molecule has 2 unspecified atom stereocenters. The molecular formula is C23H35NO. The maximum atomic E-state index is 11.0. The highest BCUT2D eigenvalue weighted by atomic mass is 16.3. The van der Waals surface area contributed by atoms with Gasteiger partial charge < -0.3 is 5.11 Å². The van der Waals surface area contributed by atoms with Gasteiger partial charge in [0.15, 0.2) is 0 Å².